The Hall–Kier alpha value is -1.07. The fraction of sp³-hybridized carbons (Fsp3) is 0.720. The van der Waals surface area contributed by atoms with Crippen molar-refractivity contribution in [3.63, 3.8) is 0 Å². The Labute approximate surface area is 191 Å². The Kier molecular flexibility index (Phi) is 9.51. The number of hydrogen-bond donors (Lipinski definition) is 1. The zero-order valence-corrected chi connectivity index (χ0v) is 20.4. The number of nitrogens with one attached hydrogen (secondary N) is 1. The van der Waals surface area contributed by atoms with E-state index in [2.05, 4.69) is 45.2 Å². The fourth-order valence-corrected chi connectivity index (χ4v) is 5.46. The van der Waals surface area contributed by atoms with Gasteiger partial charge < -0.3 is 15.0 Å². The molecule has 1 aromatic carbocycles. The molecule has 2 aliphatic rings. The van der Waals surface area contributed by atoms with Gasteiger partial charge in [-0.1, -0.05) is 22.9 Å². The minimum absolute atomic E-state index is 0.241. The van der Waals surface area contributed by atoms with Crippen LogP contribution in [0.3, 0.4) is 0 Å². The second-order valence-corrected chi connectivity index (χ2v) is 10.1. The molecule has 4 nitrogen and oxygen atoms in total. The number of piperidine rings is 1. The molecule has 0 atom stereocenters. The third-order valence-electron chi connectivity index (χ3n) is 7.01. The van der Waals surface area contributed by atoms with E-state index in [1.807, 2.05) is 6.07 Å². The second-order valence-electron chi connectivity index (χ2n) is 9.27. The van der Waals surface area contributed by atoms with Crippen LogP contribution in [-0.4, -0.2) is 43.6 Å². The number of nitrogens with zero attached hydrogens (tertiary/aromatic N) is 1. The van der Waals surface area contributed by atoms with Crippen molar-refractivity contribution in [3.05, 3.63) is 28.2 Å². The normalized spacial score (nSPS) is 23.3. The molecule has 2 fully saturated rings. The van der Waals surface area contributed by atoms with E-state index in [1.54, 1.807) is 7.11 Å². The summed E-state index contributed by atoms with van der Waals surface area (Å²) in [7, 11) is 1.74. The van der Waals surface area contributed by atoms with Gasteiger partial charge in [-0.25, -0.2) is 0 Å². The Balaban J connectivity index is 1.32. The van der Waals surface area contributed by atoms with Crippen LogP contribution in [0.15, 0.2) is 22.7 Å². The Morgan fingerprint density at radius 2 is 1.87 bits per heavy atom. The van der Waals surface area contributed by atoms with Crippen molar-refractivity contribution in [2.75, 3.05) is 26.7 Å². The lowest BCUT2D eigenvalue weighted by molar-refractivity contribution is -0.122. The van der Waals surface area contributed by atoms with Crippen molar-refractivity contribution in [1.82, 2.24) is 10.2 Å². The van der Waals surface area contributed by atoms with Crippen LogP contribution in [0.2, 0.25) is 0 Å². The number of ether oxygens (including phenoxy) is 1. The predicted octanol–water partition coefficient (Wildman–Crippen LogP) is 5.58. The number of benzene rings is 1. The summed E-state index contributed by atoms with van der Waals surface area (Å²) in [5.41, 5.74) is 1.37. The number of likely N-dealkylation sites (tertiary alicyclic amines) is 1. The number of methoxy groups -OCH3 is 1. The fourth-order valence-electron chi connectivity index (χ4n) is 5.05. The maximum Gasteiger partial charge on any atom is 0.220 e. The average Bonchev–Trinajstić information content (AvgIpc) is 2.76. The second kappa shape index (κ2) is 12.1. The van der Waals surface area contributed by atoms with E-state index >= 15 is 0 Å². The van der Waals surface area contributed by atoms with Gasteiger partial charge >= 0.3 is 0 Å². The number of carbonyl (C=O) groups excluding carboxylic acids is 1. The molecule has 5 heteroatoms. The van der Waals surface area contributed by atoms with Crippen molar-refractivity contribution in [1.29, 1.82) is 0 Å². The summed E-state index contributed by atoms with van der Waals surface area (Å²) in [5.74, 6) is 2.80. The summed E-state index contributed by atoms with van der Waals surface area (Å²) in [6, 6.07) is 6.72. The summed E-state index contributed by atoms with van der Waals surface area (Å²) >= 11 is 3.70. The van der Waals surface area contributed by atoms with Gasteiger partial charge in [0.25, 0.3) is 0 Å². The van der Waals surface area contributed by atoms with E-state index in [0.717, 1.165) is 43.3 Å². The minimum atomic E-state index is 0.241. The van der Waals surface area contributed by atoms with Crippen LogP contribution in [0.4, 0.5) is 0 Å². The molecular formula is C25H39BrN2O2. The maximum atomic E-state index is 11.8. The van der Waals surface area contributed by atoms with Gasteiger partial charge in [0.1, 0.15) is 5.75 Å². The van der Waals surface area contributed by atoms with Crippen LogP contribution in [0.25, 0.3) is 0 Å². The summed E-state index contributed by atoms with van der Waals surface area (Å²) in [4.78, 5) is 14.5. The highest BCUT2D eigenvalue weighted by atomic mass is 79.9. The van der Waals surface area contributed by atoms with Crippen molar-refractivity contribution >= 4 is 21.8 Å². The van der Waals surface area contributed by atoms with Gasteiger partial charge in [-0.15, -0.1) is 0 Å². The first-order chi connectivity index (χ1) is 14.6. The summed E-state index contributed by atoms with van der Waals surface area (Å²) in [5, 5.41) is 3.22. The lowest BCUT2D eigenvalue weighted by atomic mass is 9.83. The maximum absolute atomic E-state index is 11.8. The molecule has 1 saturated heterocycles. The first kappa shape index (κ1) is 23.6. The molecule has 30 heavy (non-hydrogen) atoms. The molecule has 1 aliphatic heterocycles. The number of hydrogen-bond acceptors (Lipinski definition) is 3. The van der Waals surface area contributed by atoms with Gasteiger partial charge in [0.05, 0.1) is 7.11 Å². The molecule has 168 valence electrons. The quantitative estimate of drug-likeness (QED) is 0.503. The highest BCUT2D eigenvalue weighted by Gasteiger charge is 2.24. The van der Waals surface area contributed by atoms with E-state index in [-0.39, 0.29) is 5.91 Å². The Morgan fingerprint density at radius 3 is 2.53 bits per heavy atom. The summed E-state index contributed by atoms with van der Waals surface area (Å²) in [6.07, 6.45) is 11.5. The molecule has 0 unspecified atom stereocenters. The molecule has 1 aromatic rings. The SMILES string of the molecule is CCCC(=O)NC1CCC(CCN2CCC(Cc3cc(OC)ccc3Br)CC2)CC1. The molecule has 0 aromatic heterocycles. The van der Waals surface area contributed by atoms with Gasteiger partial charge in [-0.3, -0.25) is 4.79 Å². The highest BCUT2D eigenvalue weighted by molar-refractivity contribution is 9.10. The molecule has 1 aliphatic carbocycles. The third-order valence-corrected chi connectivity index (χ3v) is 7.78. The molecule has 1 heterocycles. The monoisotopic (exact) mass is 478 g/mol. The van der Waals surface area contributed by atoms with Gasteiger partial charge in [0.15, 0.2) is 0 Å². The number of halogens is 1. The van der Waals surface area contributed by atoms with E-state index < -0.39 is 0 Å². The van der Waals surface area contributed by atoms with Crippen molar-refractivity contribution < 1.29 is 9.53 Å². The van der Waals surface area contributed by atoms with E-state index in [0.29, 0.717) is 12.5 Å². The van der Waals surface area contributed by atoms with Crippen molar-refractivity contribution in [2.45, 2.75) is 77.2 Å². The van der Waals surface area contributed by atoms with Gasteiger partial charge in [-0.05, 0) is 113 Å². The van der Waals surface area contributed by atoms with Gasteiger partial charge in [-0.2, -0.15) is 0 Å². The van der Waals surface area contributed by atoms with Crippen LogP contribution in [0, 0.1) is 11.8 Å². The molecule has 0 radical (unpaired) electrons. The molecule has 3 rings (SSSR count). The van der Waals surface area contributed by atoms with Crippen LogP contribution in [-0.2, 0) is 11.2 Å². The Bertz CT molecular complexity index is 665. The predicted molar refractivity (Wildman–Crippen MR) is 127 cm³/mol. The average molecular weight is 480 g/mol. The van der Waals surface area contributed by atoms with E-state index in [9.17, 15) is 4.79 Å². The molecule has 1 amide bonds. The first-order valence-corrected chi connectivity index (χ1v) is 12.7. The van der Waals surface area contributed by atoms with Crippen LogP contribution in [0.5, 0.6) is 5.75 Å². The van der Waals surface area contributed by atoms with E-state index in [4.69, 9.17) is 4.74 Å². The lowest BCUT2D eigenvalue weighted by Gasteiger charge is -2.34. The molecular weight excluding hydrogens is 440 g/mol. The standard InChI is InChI=1S/C25H39BrN2O2/c1-3-4-25(29)27-22-7-5-19(6-8-22)11-14-28-15-12-20(13-16-28)17-21-18-23(30-2)9-10-24(21)26/h9-10,18-20,22H,3-8,11-17H2,1-2H3,(H,27,29). The summed E-state index contributed by atoms with van der Waals surface area (Å²) < 4.78 is 6.59. The molecule has 0 bridgehead atoms. The van der Waals surface area contributed by atoms with E-state index in [1.165, 1.54) is 61.8 Å². The van der Waals surface area contributed by atoms with Crippen molar-refractivity contribution in [2.24, 2.45) is 11.8 Å². The third kappa shape index (κ3) is 7.26. The number of rotatable bonds is 9. The Morgan fingerprint density at radius 1 is 1.13 bits per heavy atom. The molecule has 0 spiro atoms. The number of carbonyl (C=O) groups is 1. The molecule has 1 N–H and O–H groups in total. The van der Waals surface area contributed by atoms with Gasteiger partial charge in [0, 0.05) is 16.9 Å². The number of amides is 1. The molecule has 1 saturated carbocycles. The van der Waals surface area contributed by atoms with Crippen LogP contribution in [0.1, 0.15) is 70.3 Å². The summed E-state index contributed by atoms with van der Waals surface area (Å²) in [6.45, 7) is 5.77. The minimum Gasteiger partial charge on any atom is -0.497 e. The largest absolute Gasteiger partial charge is 0.497 e. The first-order valence-electron chi connectivity index (χ1n) is 11.9. The van der Waals surface area contributed by atoms with Crippen LogP contribution >= 0.6 is 15.9 Å². The van der Waals surface area contributed by atoms with Crippen molar-refractivity contribution in [3.8, 4) is 5.75 Å². The van der Waals surface area contributed by atoms with Gasteiger partial charge in [0.2, 0.25) is 5.91 Å². The smallest absolute Gasteiger partial charge is 0.220 e. The lowest BCUT2D eigenvalue weighted by Crippen LogP contribution is -2.39. The zero-order valence-electron chi connectivity index (χ0n) is 18.8. The highest BCUT2D eigenvalue weighted by Crippen LogP contribution is 2.30. The topological polar surface area (TPSA) is 41.6 Å². The van der Waals surface area contributed by atoms with Crippen LogP contribution < -0.4 is 10.1 Å². The zero-order chi connectivity index (χ0) is 21.3.